The predicted octanol–water partition coefficient (Wildman–Crippen LogP) is 0.907. The van der Waals surface area contributed by atoms with Crippen molar-refractivity contribution in [1.29, 1.82) is 0 Å². The second-order valence-corrected chi connectivity index (χ2v) is 7.74. The number of nitrogens with zero attached hydrogens (tertiary/aromatic N) is 3. The number of sulfonamides is 1. The fraction of sp³-hybridized carbons (Fsp3) is 0.571. The molecule has 1 rings (SSSR count). The molecular formula is C14H26N4O2S. The summed E-state index contributed by atoms with van der Waals surface area (Å²) in [4.78, 5) is 4.39. The second kappa shape index (κ2) is 7.11. The molecule has 0 bridgehead atoms. The topological polar surface area (TPSA) is 69.9 Å². The molecule has 0 heterocycles. The molecule has 0 fully saturated rings. The monoisotopic (exact) mass is 314 g/mol. The zero-order valence-electron chi connectivity index (χ0n) is 13.5. The maximum Gasteiger partial charge on any atom is 0.242 e. The normalized spacial score (nSPS) is 12.1. The maximum atomic E-state index is 12.1. The molecule has 0 unspecified atom stereocenters. The standard InChI is InChI=1S/C14H26N4O2S/c1-16(2)9-6-10-18(5)14-8-7-12(11-13(14)15)21(19,20)17(3)4/h7-8,11H,6,9-10,15H2,1-5H3. The van der Waals surface area contributed by atoms with Crippen LogP contribution in [0.1, 0.15) is 6.42 Å². The highest BCUT2D eigenvalue weighted by Crippen LogP contribution is 2.26. The highest BCUT2D eigenvalue weighted by molar-refractivity contribution is 7.89. The Labute approximate surface area is 128 Å². The van der Waals surface area contributed by atoms with E-state index in [1.807, 2.05) is 26.0 Å². The number of hydrogen-bond acceptors (Lipinski definition) is 5. The van der Waals surface area contributed by atoms with E-state index in [2.05, 4.69) is 4.90 Å². The van der Waals surface area contributed by atoms with Crippen LogP contribution in [0, 0.1) is 0 Å². The van der Waals surface area contributed by atoms with Crippen molar-refractivity contribution in [2.45, 2.75) is 11.3 Å². The van der Waals surface area contributed by atoms with Gasteiger partial charge in [0, 0.05) is 27.7 Å². The summed E-state index contributed by atoms with van der Waals surface area (Å²) in [6.07, 6.45) is 1.01. The summed E-state index contributed by atoms with van der Waals surface area (Å²) in [6.45, 7) is 1.86. The molecule has 1 aromatic carbocycles. The van der Waals surface area contributed by atoms with Gasteiger partial charge in [-0.3, -0.25) is 0 Å². The summed E-state index contributed by atoms with van der Waals surface area (Å²) in [7, 11) is 5.61. The van der Waals surface area contributed by atoms with Crippen molar-refractivity contribution < 1.29 is 8.42 Å². The third-order valence-corrected chi connectivity index (χ3v) is 5.10. The third kappa shape index (κ3) is 4.59. The van der Waals surface area contributed by atoms with E-state index in [0.29, 0.717) is 5.69 Å². The van der Waals surface area contributed by atoms with E-state index in [1.165, 1.54) is 24.5 Å². The lowest BCUT2D eigenvalue weighted by Crippen LogP contribution is -2.25. The van der Waals surface area contributed by atoms with Crippen molar-refractivity contribution in [2.24, 2.45) is 0 Å². The van der Waals surface area contributed by atoms with Crippen molar-refractivity contribution in [3.05, 3.63) is 18.2 Å². The Morgan fingerprint density at radius 2 is 1.67 bits per heavy atom. The quantitative estimate of drug-likeness (QED) is 0.758. The van der Waals surface area contributed by atoms with E-state index in [4.69, 9.17) is 5.73 Å². The van der Waals surface area contributed by atoms with Gasteiger partial charge in [-0.25, -0.2) is 12.7 Å². The molecular weight excluding hydrogens is 288 g/mol. The predicted molar refractivity (Wildman–Crippen MR) is 88.2 cm³/mol. The Balaban J connectivity index is 2.88. The van der Waals surface area contributed by atoms with E-state index in [9.17, 15) is 8.42 Å². The first kappa shape index (κ1) is 17.7. The number of anilines is 2. The molecule has 1 aromatic rings. The van der Waals surface area contributed by atoms with Crippen LogP contribution >= 0.6 is 0 Å². The van der Waals surface area contributed by atoms with Gasteiger partial charge in [0.25, 0.3) is 0 Å². The lowest BCUT2D eigenvalue weighted by atomic mass is 10.2. The third-order valence-electron chi connectivity index (χ3n) is 3.29. The smallest absolute Gasteiger partial charge is 0.242 e. The molecule has 2 N–H and O–H groups in total. The second-order valence-electron chi connectivity index (χ2n) is 5.59. The van der Waals surface area contributed by atoms with E-state index in [-0.39, 0.29) is 4.90 Å². The fourth-order valence-corrected chi connectivity index (χ4v) is 2.93. The van der Waals surface area contributed by atoms with Gasteiger partial charge in [-0.15, -0.1) is 0 Å². The van der Waals surface area contributed by atoms with Crippen molar-refractivity contribution in [3.8, 4) is 0 Å². The molecule has 0 aromatic heterocycles. The van der Waals surface area contributed by atoms with Crippen molar-refractivity contribution in [1.82, 2.24) is 9.21 Å². The summed E-state index contributed by atoms with van der Waals surface area (Å²) in [6, 6.07) is 4.89. The first-order chi connectivity index (χ1) is 9.66. The molecule has 6 nitrogen and oxygen atoms in total. The van der Waals surface area contributed by atoms with Crippen LogP contribution in [0.25, 0.3) is 0 Å². The zero-order valence-corrected chi connectivity index (χ0v) is 14.3. The first-order valence-electron chi connectivity index (χ1n) is 6.84. The summed E-state index contributed by atoms with van der Waals surface area (Å²) in [5.41, 5.74) is 7.35. The number of nitrogen functional groups attached to an aromatic ring is 1. The summed E-state index contributed by atoms with van der Waals surface area (Å²) >= 11 is 0. The number of benzene rings is 1. The van der Waals surface area contributed by atoms with Crippen molar-refractivity contribution >= 4 is 21.4 Å². The molecule has 0 aliphatic heterocycles. The highest BCUT2D eigenvalue weighted by Gasteiger charge is 2.18. The van der Waals surface area contributed by atoms with Crippen LogP contribution in [-0.2, 0) is 10.0 Å². The average molecular weight is 314 g/mol. The highest BCUT2D eigenvalue weighted by atomic mass is 32.2. The van der Waals surface area contributed by atoms with Crippen molar-refractivity contribution in [2.75, 3.05) is 59.0 Å². The van der Waals surface area contributed by atoms with Crippen LogP contribution in [0.15, 0.2) is 23.1 Å². The lowest BCUT2D eigenvalue weighted by Gasteiger charge is -2.23. The molecule has 120 valence electrons. The van der Waals surface area contributed by atoms with E-state index in [0.717, 1.165) is 25.2 Å². The van der Waals surface area contributed by atoms with Gasteiger partial charge in [-0.05, 0) is 45.3 Å². The average Bonchev–Trinajstić information content (AvgIpc) is 2.37. The van der Waals surface area contributed by atoms with Gasteiger partial charge in [0.2, 0.25) is 10.0 Å². The summed E-state index contributed by atoms with van der Waals surface area (Å²) in [5, 5.41) is 0. The number of rotatable bonds is 7. The largest absolute Gasteiger partial charge is 0.397 e. The van der Waals surface area contributed by atoms with E-state index >= 15 is 0 Å². The van der Waals surface area contributed by atoms with Crippen LogP contribution in [0.3, 0.4) is 0 Å². The van der Waals surface area contributed by atoms with Crippen molar-refractivity contribution in [3.63, 3.8) is 0 Å². The molecule has 0 saturated heterocycles. The van der Waals surface area contributed by atoms with Gasteiger partial charge in [0.1, 0.15) is 0 Å². The maximum absolute atomic E-state index is 12.1. The minimum atomic E-state index is -3.44. The molecule has 21 heavy (non-hydrogen) atoms. The Bertz CT molecular complexity index is 570. The molecule has 0 aliphatic carbocycles. The van der Waals surface area contributed by atoms with E-state index < -0.39 is 10.0 Å². The molecule has 0 radical (unpaired) electrons. The minimum absolute atomic E-state index is 0.218. The van der Waals surface area contributed by atoms with Gasteiger partial charge in [-0.2, -0.15) is 0 Å². The minimum Gasteiger partial charge on any atom is -0.397 e. The molecule has 7 heteroatoms. The fourth-order valence-electron chi connectivity index (χ4n) is 2.00. The van der Waals surface area contributed by atoms with Gasteiger partial charge >= 0.3 is 0 Å². The number of hydrogen-bond donors (Lipinski definition) is 1. The van der Waals surface area contributed by atoms with Crippen LogP contribution in [0.2, 0.25) is 0 Å². The Kier molecular flexibility index (Phi) is 6.00. The molecule has 0 aliphatic rings. The Hall–Kier alpha value is -1.31. The zero-order chi connectivity index (χ0) is 16.2. The van der Waals surface area contributed by atoms with Crippen LogP contribution in [0.4, 0.5) is 11.4 Å². The lowest BCUT2D eigenvalue weighted by molar-refractivity contribution is 0.402. The number of nitrogens with two attached hydrogens (primary N) is 1. The van der Waals surface area contributed by atoms with E-state index in [1.54, 1.807) is 12.1 Å². The molecule has 0 amide bonds. The molecule has 0 atom stereocenters. The Morgan fingerprint density at radius 1 is 1.05 bits per heavy atom. The van der Waals surface area contributed by atoms with Gasteiger partial charge in [-0.1, -0.05) is 0 Å². The molecule has 0 saturated carbocycles. The summed E-state index contributed by atoms with van der Waals surface area (Å²) < 4.78 is 25.3. The Morgan fingerprint density at radius 3 is 2.14 bits per heavy atom. The van der Waals surface area contributed by atoms with Gasteiger partial charge in [0.15, 0.2) is 0 Å². The van der Waals surface area contributed by atoms with Crippen LogP contribution < -0.4 is 10.6 Å². The molecule has 0 spiro atoms. The first-order valence-corrected chi connectivity index (χ1v) is 8.28. The summed E-state index contributed by atoms with van der Waals surface area (Å²) in [5.74, 6) is 0. The van der Waals surface area contributed by atoms with Gasteiger partial charge in [0.05, 0.1) is 16.3 Å². The SMILES string of the molecule is CN(C)CCCN(C)c1ccc(S(=O)(=O)N(C)C)cc1N. The van der Waals surface area contributed by atoms with Crippen LogP contribution in [-0.4, -0.2) is 66.0 Å². The van der Waals surface area contributed by atoms with Gasteiger partial charge < -0.3 is 15.5 Å². The van der Waals surface area contributed by atoms with Crippen LogP contribution in [0.5, 0.6) is 0 Å².